The number of alkyl halides is 3. The molecule has 0 spiro atoms. The molecule has 5 nitrogen and oxygen atoms in total. The molecule has 1 N–H and O–H groups in total. The third kappa shape index (κ3) is 4.91. The molecule has 10 heteroatoms. The molecule has 0 saturated carbocycles. The van der Waals surface area contributed by atoms with Gasteiger partial charge >= 0.3 is 6.18 Å². The second kappa shape index (κ2) is 8.33. The Labute approximate surface area is 171 Å². The van der Waals surface area contributed by atoms with Gasteiger partial charge in [-0.2, -0.15) is 17.5 Å². The number of hydrogen-bond acceptors (Lipinski definition) is 3. The van der Waals surface area contributed by atoms with E-state index in [1.807, 2.05) is 0 Å². The summed E-state index contributed by atoms with van der Waals surface area (Å²) in [6.45, 7) is -0.0791. The van der Waals surface area contributed by atoms with Crippen LogP contribution in [-0.4, -0.2) is 31.7 Å². The Balaban J connectivity index is 1.70. The molecule has 156 valence electrons. The fourth-order valence-corrected chi connectivity index (χ4v) is 5.11. The van der Waals surface area contributed by atoms with E-state index in [9.17, 15) is 26.4 Å². The lowest BCUT2D eigenvalue weighted by molar-refractivity contribution is -0.139. The summed E-state index contributed by atoms with van der Waals surface area (Å²) >= 11 is 5.88. The minimum Gasteiger partial charge on any atom is -0.326 e. The van der Waals surface area contributed by atoms with Gasteiger partial charge in [-0.1, -0.05) is 29.8 Å². The first-order chi connectivity index (χ1) is 13.6. The van der Waals surface area contributed by atoms with Gasteiger partial charge in [0.05, 0.1) is 10.5 Å². The average molecular weight is 447 g/mol. The largest absolute Gasteiger partial charge is 0.417 e. The maximum Gasteiger partial charge on any atom is 0.417 e. The fraction of sp³-hybridized carbons (Fsp3) is 0.316. The zero-order valence-electron chi connectivity index (χ0n) is 15.1. The van der Waals surface area contributed by atoms with Crippen molar-refractivity contribution in [3.63, 3.8) is 0 Å². The quantitative estimate of drug-likeness (QED) is 0.757. The minimum absolute atomic E-state index is 0.0395. The molecule has 2 aromatic rings. The van der Waals surface area contributed by atoms with Crippen LogP contribution >= 0.6 is 11.6 Å². The minimum atomic E-state index is -4.78. The molecule has 29 heavy (non-hydrogen) atoms. The van der Waals surface area contributed by atoms with E-state index in [2.05, 4.69) is 5.32 Å². The number of anilines is 1. The van der Waals surface area contributed by atoms with Crippen LogP contribution in [0.5, 0.6) is 0 Å². The molecule has 0 radical (unpaired) electrons. The lowest BCUT2D eigenvalue weighted by Gasteiger charge is -2.31. The number of carbonyl (C=O) groups is 1. The molecule has 0 unspecified atom stereocenters. The second-order valence-electron chi connectivity index (χ2n) is 6.67. The van der Waals surface area contributed by atoms with Crippen molar-refractivity contribution in [2.75, 3.05) is 18.4 Å². The summed E-state index contributed by atoms with van der Waals surface area (Å²) < 4.78 is 66.2. The number of benzene rings is 2. The van der Waals surface area contributed by atoms with Gasteiger partial charge in [-0.05, 0) is 43.2 Å². The maximum atomic E-state index is 13.2. The van der Waals surface area contributed by atoms with E-state index < -0.39 is 32.6 Å². The van der Waals surface area contributed by atoms with Crippen LogP contribution in [0.1, 0.15) is 18.4 Å². The predicted octanol–water partition coefficient (Wildman–Crippen LogP) is 4.40. The van der Waals surface area contributed by atoms with Crippen molar-refractivity contribution in [3.05, 3.63) is 59.1 Å². The van der Waals surface area contributed by atoms with Crippen molar-refractivity contribution in [1.29, 1.82) is 0 Å². The van der Waals surface area contributed by atoms with Gasteiger partial charge in [-0.25, -0.2) is 8.42 Å². The highest BCUT2D eigenvalue weighted by atomic mass is 35.5. The van der Waals surface area contributed by atoms with Gasteiger partial charge in [-0.15, -0.1) is 0 Å². The highest BCUT2D eigenvalue weighted by molar-refractivity contribution is 7.89. The van der Waals surface area contributed by atoms with Crippen LogP contribution in [0.3, 0.4) is 0 Å². The van der Waals surface area contributed by atoms with Crippen LogP contribution in [0.25, 0.3) is 0 Å². The summed E-state index contributed by atoms with van der Waals surface area (Å²) in [5.74, 6) is -0.724. The second-order valence-corrected chi connectivity index (χ2v) is 9.01. The van der Waals surface area contributed by atoms with Gasteiger partial charge in [0.2, 0.25) is 15.9 Å². The Morgan fingerprint density at radius 3 is 2.34 bits per heavy atom. The van der Waals surface area contributed by atoms with Gasteiger partial charge in [-0.3, -0.25) is 4.79 Å². The number of halogens is 4. The fourth-order valence-electron chi connectivity index (χ4n) is 3.23. The predicted molar refractivity (Wildman–Crippen MR) is 103 cm³/mol. The van der Waals surface area contributed by atoms with Gasteiger partial charge in [0, 0.05) is 29.7 Å². The summed E-state index contributed by atoms with van der Waals surface area (Å²) in [6, 6.07) is 10.7. The van der Waals surface area contributed by atoms with Crippen LogP contribution in [0.4, 0.5) is 18.9 Å². The summed E-state index contributed by atoms with van der Waals surface area (Å²) in [7, 11) is -4.33. The highest BCUT2D eigenvalue weighted by Crippen LogP contribution is 2.36. The molecular weight excluding hydrogens is 429 g/mol. The van der Waals surface area contributed by atoms with Crippen molar-refractivity contribution in [3.8, 4) is 0 Å². The molecule has 0 aromatic heterocycles. The molecular formula is C19H18ClF3N2O3S. The van der Waals surface area contributed by atoms with Crippen molar-refractivity contribution in [2.45, 2.75) is 23.9 Å². The third-order valence-corrected chi connectivity index (χ3v) is 6.92. The van der Waals surface area contributed by atoms with Crippen molar-refractivity contribution in [2.24, 2.45) is 5.92 Å². The first kappa shape index (κ1) is 21.6. The number of piperidine rings is 1. The Kier molecular flexibility index (Phi) is 6.21. The first-order valence-electron chi connectivity index (χ1n) is 8.82. The standard InChI is InChI=1S/C19H18ClF3N2O3S/c20-14-4-3-5-15(12-14)24-18(26)13-8-10-25(11-9-13)29(27,28)17-7-2-1-6-16(17)19(21,22)23/h1-7,12-13H,8-11H2,(H,24,26). The number of nitrogens with zero attached hydrogens (tertiary/aromatic N) is 1. The number of rotatable bonds is 4. The lowest BCUT2D eigenvalue weighted by Crippen LogP contribution is -2.41. The molecule has 3 rings (SSSR count). The number of amides is 1. The van der Waals surface area contributed by atoms with Crippen LogP contribution < -0.4 is 5.32 Å². The third-order valence-electron chi connectivity index (χ3n) is 4.73. The SMILES string of the molecule is O=C(Nc1cccc(Cl)c1)C1CCN(S(=O)(=O)c2ccccc2C(F)(F)F)CC1. The number of sulfonamides is 1. The van der Waals surface area contributed by atoms with Gasteiger partial charge in [0.1, 0.15) is 0 Å². The summed E-state index contributed by atoms with van der Waals surface area (Å²) in [5.41, 5.74) is -0.669. The average Bonchev–Trinajstić information content (AvgIpc) is 2.67. The van der Waals surface area contributed by atoms with E-state index in [4.69, 9.17) is 11.6 Å². The van der Waals surface area contributed by atoms with Crippen molar-refractivity contribution < 1.29 is 26.4 Å². The Bertz CT molecular complexity index is 1000. The van der Waals surface area contributed by atoms with Crippen LogP contribution in [0.2, 0.25) is 5.02 Å². The molecule has 1 aliphatic rings. The molecule has 0 bridgehead atoms. The summed E-state index contributed by atoms with van der Waals surface area (Å²) in [5, 5.41) is 3.19. The Morgan fingerprint density at radius 1 is 1.07 bits per heavy atom. The highest BCUT2D eigenvalue weighted by Gasteiger charge is 2.40. The molecule has 1 fully saturated rings. The van der Waals surface area contributed by atoms with E-state index in [0.29, 0.717) is 10.7 Å². The van der Waals surface area contributed by atoms with E-state index in [0.717, 1.165) is 22.5 Å². The number of hydrogen-bond donors (Lipinski definition) is 1. The molecule has 0 atom stereocenters. The maximum absolute atomic E-state index is 13.2. The normalized spacial score (nSPS) is 16.6. The van der Waals surface area contributed by atoms with E-state index in [1.165, 1.54) is 6.07 Å². The first-order valence-corrected chi connectivity index (χ1v) is 10.6. The summed E-state index contributed by atoms with van der Waals surface area (Å²) in [6.07, 6.45) is -4.36. The molecule has 0 aliphatic carbocycles. The van der Waals surface area contributed by atoms with E-state index >= 15 is 0 Å². The molecule has 1 amide bonds. The van der Waals surface area contributed by atoms with Crippen LogP contribution in [0.15, 0.2) is 53.4 Å². The van der Waals surface area contributed by atoms with Crippen molar-refractivity contribution >= 4 is 33.2 Å². The van der Waals surface area contributed by atoms with Crippen LogP contribution in [0, 0.1) is 5.92 Å². The molecule has 1 aliphatic heterocycles. The zero-order chi connectivity index (χ0) is 21.2. The monoisotopic (exact) mass is 446 g/mol. The Morgan fingerprint density at radius 2 is 1.72 bits per heavy atom. The zero-order valence-corrected chi connectivity index (χ0v) is 16.7. The molecule has 2 aromatic carbocycles. The van der Waals surface area contributed by atoms with Gasteiger partial charge < -0.3 is 5.32 Å². The molecule has 1 heterocycles. The summed E-state index contributed by atoms with van der Waals surface area (Å²) in [4.78, 5) is 11.7. The lowest BCUT2D eigenvalue weighted by atomic mass is 9.97. The van der Waals surface area contributed by atoms with E-state index in [-0.39, 0.29) is 31.8 Å². The number of carbonyl (C=O) groups excluding carboxylic acids is 1. The van der Waals surface area contributed by atoms with Gasteiger partial charge in [0.15, 0.2) is 0 Å². The topological polar surface area (TPSA) is 66.5 Å². The van der Waals surface area contributed by atoms with Crippen LogP contribution in [-0.2, 0) is 21.0 Å². The number of nitrogens with one attached hydrogen (secondary N) is 1. The Hall–Kier alpha value is -2.10. The van der Waals surface area contributed by atoms with E-state index in [1.54, 1.807) is 24.3 Å². The molecule has 1 saturated heterocycles. The van der Waals surface area contributed by atoms with Gasteiger partial charge in [0.25, 0.3) is 0 Å². The van der Waals surface area contributed by atoms with Crippen molar-refractivity contribution in [1.82, 2.24) is 4.31 Å². The smallest absolute Gasteiger partial charge is 0.326 e.